The fourth-order valence-corrected chi connectivity index (χ4v) is 4.30. The van der Waals surface area contributed by atoms with Crippen LogP contribution in [0.5, 0.6) is 0 Å². The Kier molecular flexibility index (Phi) is 5.27. The van der Waals surface area contributed by atoms with Crippen LogP contribution in [0.25, 0.3) is 10.9 Å². The number of amides is 1. The van der Waals surface area contributed by atoms with Crippen LogP contribution in [0.3, 0.4) is 0 Å². The third-order valence-electron chi connectivity index (χ3n) is 4.63. The number of aromatic nitrogens is 1. The molecule has 1 fully saturated rings. The third-order valence-corrected chi connectivity index (χ3v) is 5.69. The molecule has 1 atom stereocenters. The van der Waals surface area contributed by atoms with E-state index in [-0.39, 0.29) is 12.0 Å². The normalized spacial score (nSPS) is 16.8. The van der Waals surface area contributed by atoms with Gasteiger partial charge in [0.1, 0.15) is 0 Å². The summed E-state index contributed by atoms with van der Waals surface area (Å²) in [6, 6.07) is 18.4. The standard InChI is InChI=1S/C21H22N2O2S/c24-20(22-14-15-7-6-12-25-15)13-18-17-10-4-5-11-19(17)23-21(18)26-16-8-2-1-3-9-16/h1-5,8-11,15,23H,6-7,12-14H2,(H,22,24)/t15-/m1/s1. The number of hydrogen-bond donors (Lipinski definition) is 2. The Bertz CT molecular complexity index is 885. The highest BCUT2D eigenvalue weighted by atomic mass is 32.2. The topological polar surface area (TPSA) is 54.1 Å². The minimum absolute atomic E-state index is 0.0418. The maximum absolute atomic E-state index is 12.5. The van der Waals surface area contributed by atoms with E-state index in [9.17, 15) is 4.79 Å². The van der Waals surface area contributed by atoms with E-state index in [0.29, 0.717) is 13.0 Å². The van der Waals surface area contributed by atoms with Gasteiger partial charge in [0, 0.05) is 34.5 Å². The van der Waals surface area contributed by atoms with Crippen LogP contribution in [0, 0.1) is 0 Å². The second kappa shape index (κ2) is 7.98. The Morgan fingerprint density at radius 1 is 1.15 bits per heavy atom. The van der Waals surface area contributed by atoms with Gasteiger partial charge in [-0.2, -0.15) is 0 Å². The van der Waals surface area contributed by atoms with Crippen molar-refractivity contribution in [1.82, 2.24) is 10.3 Å². The molecule has 0 unspecified atom stereocenters. The number of para-hydroxylation sites is 1. The molecule has 0 radical (unpaired) electrons. The van der Waals surface area contributed by atoms with Crippen LogP contribution in [0.1, 0.15) is 18.4 Å². The number of hydrogen-bond acceptors (Lipinski definition) is 3. The average Bonchev–Trinajstić information content (AvgIpc) is 3.30. The molecule has 1 saturated heterocycles. The molecule has 5 heteroatoms. The molecule has 1 aliphatic heterocycles. The van der Waals surface area contributed by atoms with Crippen molar-refractivity contribution in [3.05, 3.63) is 60.2 Å². The lowest BCUT2D eigenvalue weighted by Crippen LogP contribution is -2.32. The van der Waals surface area contributed by atoms with Crippen molar-refractivity contribution in [1.29, 1.82) is 0 Å². The lowest BCUT2D eigenvalue weighted by Gasteiger charge is -2.11. The molecule has 1 aromatic heterocycles. The number of aromatic amines is 1. The molecule has 26 heavy (non-hydrogen) atoms. The van der Waals surface area contributed by atoms with Gasteiger partial charge >= 0.3 is 0 Å². The molecule has 4 nitrogen and oxygen atoms in total. The van der Waals surface area contributed by atoms with Crippen LogP contribution >= 0.6 is 11.8 Å². The molecule has 0 saturated carbocycles. The lowest BCUT2D eigenvalue weighted by molar-refractivity contribution is -0.120. The van der Waals surface area contributed by atoms with Gasteiger partial charge < -0.3 is 15.0 Å². The van der Waals surface area contributed by atoms with Crippen LogP contribution in [0.15, 0.2) is 64.5 Å². The fourth-order valence-electron chi connectivity index (χ4n) is 3.30. The fraction of sp³-hybridized carbons (Fsp3) is 0.286. The second-order valence-corrected chi connectivity index (χ2v) is 7.59. The highest BCUT2D eigenvalue weighted by molar-refractivity contribution is 7.99. The third kappa shape index (κ3) is 3.94. The van der Waals surface area contributed by atoms with Gasteiger partial charge in [0.15, 0.2) is 0 Å². The lowest BCUT2D eigenvalue weighted by atomic mass is 10.1. The highest BCUT2D eigenvalue weighted by Gasteiger charge is 2.19. The van der Waals surface area contributed by atoms with Gasteiger partial charge in [0.05, 0.1) is 17.6 Å². The number of nitrogens with one attached hydrogen (secondary N) is 2. The number of rotatable bonds is 6. The predicted octanol–water partition coefficient (Wildman–Crippen LogP) is 4.16. The van der Waals surface area contributed by atoms with Crippen molar-refractivity contribution in [2.24, 2.45) is 0 Å². The minimum atomic E-state index is 0.0418. The Balaban J connectivity index is 1.54. The molecule has 0 bridgehead atoms. The van der Waals surface area contributed by atoms with Crippen LogP contribution in [0.4, 0.5) is 0 Å². The first-order valence-corrected chi connectivity index (χ1v) is 9.82. The molecule has 134 valence electrons. The van der Waals surface area contributed by atoms with Crippen molar-refractivity contribution >= 4 is 28.6 Å². The number of carbonyl (C=O) groups is 1. The zero-order chi connectivity index (χ0) is 17.8. The van der Waals surface area contributed by atoms with Gasteiger partial charge in [0.2, 0.25) is 5.91 Å². The van der Waals surface area contributed by atoms with E-state index >= 15 is 0 Å². The van der Waals surface area contributed by atoms with Gasteiger partial charge in [0.25, 0.3) is 0 Å². The average molecular weight is 366 g/mol. The molecule has 2 N–H and O–H groups in total. The van der Waals surface area contributed by atoms with Gasteiger partial charge in [-0.05, 0) is 31.0 Å². The van der Waals surface area contributed by atoms with Crippen molar-refractivity contribution < 1.29 is 9.53 Å². The summed E-state index contributed by atoms with van der Waals surface area (Å²) in [6.45, 7) is 1.41. The zero-order valence-corrected chi connectivity index (χ0v) is 15.4. The molecule has 0 aliphatic carbocycles. The van der Waals surface area contributed by atoms with E-state index in [1.54, 1.807) is 11.8 Å². The summed E-state index contributed by atoms with van der Waals surface area (Å²) < 4.78 is 5.59. The van der Waals surface area contributed by atoms with E-state index in [0.717, 1.165) is 45.8 Å². The summed E-state index contributed by atoms with van der Waals surface area (Å²) in [4.78, 5) is 17.2. The second-order valence-electron chi connectivity index (χ2n) is 6.51. The maximum Gasteiger partial charge on any atom is 0.224 e. The Morgan fingerprint density at radius 2 is 1.96 bits per heavy atom. The summed E-state index contributed by atoms with van der Waals surface area (Å²) in [6.07, 6.45) is 2.65. The number of fused-ring (bicyclic) bond motifs is 1. The van der Waals surface area contributed by atoms with Crippen molar-refractivity contribution in [2.75, 3.05) is 13.2 Å². The zero-order valence-electron chi connectivity index (χ0n) is 14.5. The Labute approximate surface area is 157 Å². The smallest absolute Gasteiger partial charge is 0.224 e. The summed E-state index contributed by atoms with van der Waals surface area (Å²) >= 11 is 1.67. The molecule has 3 aromatic rings. The first-order valence-electron chi connectivity index (χ1n) is 9.00. The van der Waals surface area contributed by atoms with E-state index in [2.05, 4.69) is 34.6 Å². The van der Waals surface area contributed by atoms with Crippen molar-refractivity contribution in [2.45, 2.75) is 35.3 Å². The number of carbonyl (C=O) groups excluding carboxylic acids is 1. The van der Waals surface area contributed by atoms with Crippen LogP contribution in [-0.2, 0) is 16.0 Å². The molecule has 0 spiro atoms. The van der Waals surface area contributed by atoms with Gasteiger partial charge in [-0.25, -0.2) is 0 Å². The SMILES string of the molecule is O=C(Cc1c(Sc2ccccc2)[nH]c2ccccc12)NC[C@H]1CCCO1. The summed E-state index contributed by atoms with van der Waals surface area (Å²) in [5.41, 5.74) is 2.12. The number of H-pyrrole nitrogens is 1. The van der Waals surface area contributed by atoms with E-state index in [4.69, 9.17) is 4.74 Å². The molecular weight excluding hydrogens is 344 g/mol. The summed E-state index contributed by atoms with van der Waals surface area (Å²) in [5, 5.41) is 5.17. The molecule has 1 aliphatic rings. The van der Waals surface area contributed by atoms with Crippen molar-refractivity contribution in [3.8, 4) is 0 Å². The molecule has 1 amide bonds. The molecular formula is C21H22N2O2S. The number of benzene rings is 2. The Morgan fingerprint density at radius 3 is 2.77 bits per heavy atom. The molecule has 2 aromatic carbocycles. The summed E-state index contributed by atoms with van der Waals surface area (Å²) in [5.74, 6) is 0.0418. The van der Waals surface area contributed by atoms with Gasteiger partial charge in [-0.15, -0.1) is 0 Å². The van der Waals surface area contributed by atoms with Crippen LogP contribution in [-0.4, -0.2) is 30.1 Å². The predicted molar refractivity (Wildman–Crippen MR) is 105 cm³/mol. The quantitative estimate of drug-likeness (QED) is 0.689. The molecule has 4 rings (SSSR count). The Hall–Kier alpha value is -2.24. The monoisotopic (exact) mass is 366 g/mol. The van der Waals surface area contributed by atoms with Crippen LogP contribution < -0.4 is 5.32 Å². The van der Waals surface area contributed by atoms with E-state index < -0.39 is 0 Å². The highest BCUT2D eigenvalue weighted by Crippen LogP contribution is 2.34. The first kappa shape index (κ1) is 17.2. The maximum atomic E-state index is 12.5. The number of ether oxygens (including phenoxy) is 1. The largest absolute Gasteiger partial charge is 0.376 e. The van der Waals surface area contributed by atoms with E-state index in [1.165, 1.54) is 0 Å². The van der Waals surface area contributed by atoms with Crippen LogP contribution in [0.2, 0.25) is 0 Å². The van der Waals surface area contributed by atoms with E-state index in [1.807, 2.05) is 30.3 Å². The van der Waals surface area contributed by atoms with Gasteiger partial charge in [-0.3, -0.25) is 4.79 Å². The summed E-state index contributed by atoms with van der Waals surface area (Å²) in [7, 11) is 0. The first-order chi connectivity index (χ1) is 12.8. The minimum Gasteiger partial charge on any atom is -0.376 e. The molecule has 2 heterocycles. The van der Waals surface area contributed by atoms with Gasteiger partial charge in [-0.1, -0.05) is 48.2 Å². The van der Waals surface area contributed by atoms with Crippen molar-refractivity contribution in [3.63, 3.8) is 0 Å².